The highest BCUT2D eigenvalue weighted by atomic mass is 79.9. The lowest BCUT2D eigenvalue weighted by atomic mass is 10.2. The third-order valence-corrected chi connectivity index (χ3v) is 4.25. The first-order chi connectivity index (χ1) is 8.58. The van der Waals surface area contributed by atoms with Crippen molar-refractivity contribution < 1.29 is 9.53 Å². The van der Waals surface area contributed by atoms with E-state index >= 15 is 0 Å². The normalized spacial score (nSPS) is 18.9. The van der Waals surface area contributed by atoms with Gasteiger partial charge in [0.2, 0.25) is 0 Å². The molecule has 1 atom stereocenters. The van der Waals surface area contributed by atoms with E-state index in [1.165, 1.54) is 0 Å². The van der Waals surface area contributed by atoms with Crippen molar-refractivity contribution in [1.29, 1.82) is 0 Å². The summed E-state index contributed by atoms with van der Waals surface area (Å²) in [6.07, 6.45) is 2.28. The van der Waals surface area contributed by atoms with Crippen molar-refractivity contribution in [3.8, 4) is 0 Å². The summed E-state index contributed by atoms with van der Waals surface area (Å²) >= 11 is 9.30. The Bertz CT molecular complexity index is 447. The van der Waals surface area contributed by atoms with Crippen LogP contribution in [0, 0.1) is 0 Å². The summed E-state index contributed by atoms with van der Waals surface area (Å²) in [6.45, 7) is 1.43. The van der Waals surface area contributed by atoms with Crippen molar-refractivity contribution >= 4 is 33.4 Å². The lowest BCUT2D eigenvalue weighted by molar-refractivity contribution is 0.0587. The Morgan fingerprint density at radius 3 is 3.00 bits per heavy atom. The Hall–Kier alpha value is -0.580. The summed E-state index contributed by atoms with van der Waals surface area (Å²) in [4.78, 5) is 13.9. The van der Waals surface area contributed by atoms with Crippen LogP contribution in [0.2, 0.25) is 5.02 Å². The second kappa shape index (κ2) is 6.04. The van der Waals surface area contributed by atoms with Crippen molar-refractivity contribution in [2.45, 2.75) is 18.9 Å². The summed E-state index contributed by atoms with van der Waals surface area (Å²) in [7, 11) is 1.79. The first-order valence-electron chi connectivity index (χ1n) is 5.90. The van der Waals surface area contributed by atoms with Crippen LogP contribution in [0.25, 0.3) is 0 Å². The summed E-state index contributed by atoms with van der Waals surface area (Å²) in [5, 5.41) is 0.548. The van der Waals surface area contributed by atoms with Gasteiger partial charge in [0.1, 0.15) is 0 Å². The number of rotatable bonds is 3. The van der Waals surface area contributed by atoms with Crippen LogP contribution in [0.3, 0.4) is 0 Å². The molecule has 1 aliphatic rings. The SMILES string of the molecule is CN(CC1CCCO1)C(=O)c1ccc(Br)c(Cl)c1. The Labute approximate surface area is 120 Å². The molecule has 1 amide bonds. The summed E-state index contributed by atoms with van der Waals surface area (Å²) in [5.41, 5.74) is 0.601. The van der Waals surface area contributed by atoms with Crippen molar-refractivity contribution in [3.05, 3.63) is 33.3 Å². The molecule has 0 aromatic heterocycles. The molecule has 2 rings (SSSR count). The number of ether oxygens (including phenoxy) is 1. The van der Waals surface area contributed by atoms with Gasteiger partial charge >= 0.3 is 0 Å². The monoisotopic (exact) mass is 331 g/mol. The maximum Gasteiger partial charge on any atom is 0.253 e. The average Bonchev–Trinajstić information content (AvgIpc) is 2.84. The van der Waals surface area contributed by atoms with Gasteiger partial charge in [-0.05, 0) is 47.0 Å². The van der Waals surface area contributed by atoms with Crippen LogP contribution < -0.4 is 0 Å². The molecule has 0 aliphatic carbocycles. The molecule has 1 fully saturated rings. The fraction of sp³-hybridized carbons (Fsp3) is 0.462. The molecule has 0 bridgehead atoms. The summed E-state index contributed by atoms with van der Waals surface area (Å²) in [5.74, 6) is -0.0279. The van der Waals surface area contributed by atoms with Crippen LogP contribution in [-0.4, -0.2) is 37.1 Å². The van der Waals surface area contributed by atoms with Gasteiger partial charge in [0.05, 0.1) is 11.1 Å². The molecule has 1 unspecified atom stereocenters. The molecule has 1 aromatic rings. The summed E-state index contributed by atoms with van der Waals surface area (Å²) < 4.78 is 6.32. The zero-order valence-corrected chi connectivity index (χ0v) is 12.5. The lowest BCUT2D eigenvalue weighted by Crippen LogP contribution is -2.34. The number of carbonyl (C=O) groups excluding carboxylic acids is 1. The van der Waals surface area contributed by atoms with Gasteiger partial charge in [0, 0.05) is 30.2 Å². The topological polar surface area (TPSA) is 29.5 Å². The van der Waals surface area contributed by atoms with E-state index in [2.05, 4.69) is 15.9 Å². The Morgan fingerprint density at radius 1 is 1.61 bits per heavy atom. The molecular weight excluding hydrogens is 318 g/mol. The van der Waals surface area contributed by atoms with Crippen LogP contribution in [-0.2, 0) is 4.74 Å². The molecule has 1 aliphatic heterocycles. The number of nitrogens with zero attached hydrogens (tertiary/aromatic N) is 1. The molecular formula is C13H15BrClNO2. The van der Waals surface area contributed by atoms with Crippen molar-refractivity contribution in [2.75, 3.05) is 20.2 Å². The molecule has 3 nitrogen and oxygen atoms in total. The predicted octanol–water partition coefficient (Wildman–Crippen LogP) is 3.35. The quantitative estimate of drug-likeness (QED) is 0.849. The Balaban J connectivity index is 2.02. The maximum absolute atomic E-state index is 12.2. The second-order valence-electron chi connectivity index (χ2n) is 4.45. The smallest absolute Gasteiger partial charge is 0.253 e. The van der Waals surface area contributed by atoms with Gasteiger partial charge in [-0.3, -0.25) is 4.79 Å². The lowest BCUT2D eigenvalue weighted by Gasteiger charge is -2.21. The zero-order chi connectivity index (χ0) is 13.1. The zero-order valence-electron chi connectivity index (χ0n) is 10.2. The Kier molecular flexibility index (Phi) is 4.65. The molecule has 18 heavy (non-hydrogen) atoms. The fourth-order valence-electron chi connectivity index (χ4n) is 2.03. The van der Waals surface area contributed by atoms with Gasteiger partial charge in [0.15, 0.2) is 0 Å². The molecule has 1 saturated heterocycles. The minimum atomic E-state index is -0.0279. The molecule has 1 aromatic carbocycles. The van der Waals surface area contributed by atoms with Gasteiger partial charge in [-0.2, -0.15) is 0 Å². The number of benzene rings is 1. The van der Waals surface area contributed by atoms with E-state index in [0.29, 0.717) is 17.1 Å². The molecule has 0 spiro atoms. The predicted molar refractivity (Wildman–Crippen MR) is 75.1 cm³/mol. The van der Waals surface area contributed by atoms with E-state index in [1.807, 2.05) is 0 Å². The molecule has 0 radical (unpaired) electrons. The fourth-order valence-corrected chi connectivity index (χ4v) is 2.45. The maximum atomic E-state index is 12.2. The van der Waals surface area contributed by atoms with Crippen LogP contribution in [0.5, 0.6) is 0 Å². The number of amides is 1. The van der Waals surface area contributed by atoms with E-state index in [1.54, 1.807) is 30.1 Å². The molecule has 5 heteroatoms. The molecule has 1 heterocycles. The third kappa shape index (κ3) is 3.25. The van der Waals surface area contributed by atoms with Crippen molar-refractivity contribution in [1.82, 2.24) is 4.90 Å². The highest BCUT2D eigenvalue weighted by molar-refractivity contribution is 9.10. The average molecular weight is 333 g/mol. The third-order valence-electron chi connectivity index (χ3n) is 3.01. The molecule has 0 saturated carbocycles. The number of hydrogen-bond acceptors (Lipinski definition) is 2. The van der Waals surface area contributed by atoms with Gasteiger partial charge in [-0.15, -0.1) is 0 Å². The summed E-state index contributed by atoms with van der Waals surface area (Å²) in [6, 6.07) is 5.24. The largest absolute Gasteiger partial charge is 0.376 e. The molecule has 0 N–H and O–H groups in total. The van der Waals surface area contributed by atoms with Crippen molar-refractivity contribution in [3.63, 3.8) is 0 Å². The molecule has 98 valence electrons. The van der Waals surface area contributed by atoms with E-state index in [0.717, 1.165) is 23.9 Å². The van der Waals surface area contributed by atoms with Crippen molar-refractivity contribution in [2.24, 2.45) is 0 Å². The van der Waals surface area contributed by atoms with E-state index < -0.39 is 0 Å². The number of halogens is 2. The van der Waals surface area contributed by atoms with E-state index in [9.17, 15) is 4.79 Å². The standard InChI is InChI=1S/C13H15BrClNO2/c1-16(8-10-3-2-6-18-10)13(17)9-4-5-11(14)12(15)7-9/h4-5,7,10H,2-3,6,8H2,1H3. The van der Waals surface area contributed by atoms with Gasteiger partial charge < -0.3 is 9.64 Å². The first-order valence-corrected chi connectivity index (χ1v) is 7.07. The van der Waals surface area contributed by atoms with Gasteiger partial charge in [0.25, 0.3) is 5.91 Å². The van der Waals surface area contributed by atoms with Crippen LogP contribution >= 0.6 is 27.5 Å². The highest BCUT2D eigenvalue weighted by Crippen LogP contribution is 2.24. The van der Waals surface area contributed by atoms with Crippen LogP contribution in [0.1, 0.15) is 23.2 Å². The number of carbonyl (C=O) groups is 1. The second-order valence-corrected chi connectivity index (χ2v) is 5.71. The minimum absolute atomic E-state index is 0.0279. The highest BCUT2D eigenvalue weighted by Gasteiger charge is 2.21. The first kappa shape index (κ1) is 13.8. The van der Waals surface area contributed by atoms with Crippen LogP contribution in [0.4, 0.5) is 0 Å². The Morgan fingerprint density at radius 2 is 2.39 bits per heavy atom. The van der Waals surface area contributed by atoms with Gasteiger partial charge in [-0.1, -0.05) is 11.6 Å². The van der Waals surface area contributed by atoms with E-state index in [-0.39, 0.29) is 12.0 Å². The van der Waals surface area contributed by atoms with E-state index in [4.69, 9.17) is 16.3 Å². The number of hydrogen-bond donors (Lipinski definition) is 0. The number of likely N-dealkylation sites (N-methyl/N-ethyl adjacent to an activating group) is 1. The minimum Gasteiger partial charge on any atom is -0.376 e. The van der Waals surface area contributed by atoms with Gasteiger partial charge in [-0.25, -0.2) is 0 Å². The van der Waals surface area contributed by atoms with Crippen LogP contribution in [0.15, 0.2) is 22.7 Å².